The fourth-order valence-corrected chi connectivity index (χ4v) is 1.43. The molecule has 0 saturated carbocycles. The predicted molar refractivity (Wildman–Crippen MR) is 56.1 cm³/mol. The number of phenols is 1. The highest BCUT2D eigenvalue weighted by Gasteiger charge is 2.06. The summed E-state index contributed by atoms with van der Waals surface area (Å²) in [4.78, 5) is 0. The molecule has 1 N–H and O–H groups in total. The lowest BCUT2D eigenvalue weighted by Gasteiger charge is -2.09. The van der Waals surface area contributed by atoms with Gasteiger partial charge in [-0.15, -0.1) is 0 Å². The van der Waals surface area contributed by atoms with Crippen LogP contribution in [0.1, 0.15) is 30.9 Å². The molecule has 1 aromatic carbocycles. The number of benzene rings is 1. The van der Waals surface area contributed by atoms with Crippen molar-refractivity contribution in [2.75, 3.05) is 0 Å². The first-order chi connectivity index (χ1) is 6.15. The zero-order valence-corrected chi connectivity index (χ0v) is 8.41. The van der Waals surface area contributed by atoms with Gasteiger partial charge >= 0.3 is 0 Å². The minimum atomic E-state index is 0.283. The summed E-state index contributed by atoms with van der Waals surface area (Å²) in [7, 11) is 0. The molecule has 0 aliphatic heterocycles. The van der Waals surface area contributed by atoms with E-state index >= 15 is 0 Å². The van der Waals surface area contributed by atoms with Crippen molar-refractivity contribution < 1.29 is 5.11 Å². The van der Waals surface area contributed by atoms with Crippen molar-refractivity contribution in [3.8, 4) is 5.75 Å². The monoisotopic (exact) mass is 176 g/mol. The minimum Gasteiger partial charge on any atom is -0.508 e. The van der Waals surface area contributed by atoms with Crippen LogP contribution in [0.25, 0.3) is 0 Å². The molecule has 13 heavy (non-hydrogen) atoms. The quantitative estimate of drug-likeness (QED) is 0.685. The summed E-state index contributed by atoms with van der Waals surface area (Å²) in [6.45, 7) is 6.04. The molecule has 0 fully saturated rings. The standard InChI is InChI=1S/C12H16O/c1-4-5-10(3)11-7-6-9(2)8-12(11)13/h4-8,10,13H,1-3H3/b5-4+/t10-/m1/s1. The van der Waals surface area contributed by atoms with Gasteiger partial charge in [0.25, 0.3) is 0 Å². The van der Waals surface area contributed by atoms with Crippen molar-refractivity contribution in [2.24, 2.45) is 0 Å². The summed E-state index contributed by atoms with van der Waals surface area (Å²) in [5.41, 5.74) is 2.08. The lowest BCUT2D eigenvalue weighted by Crippen LogP contribution is -1.90. The molecule has 0 radical (unpaired) electrons. The molecule has 0 unspecified atom stereocenters. The zero-order valence-electron chi connectivity index (χ0n) is 8.41. The number of phenolic OH excluding ortho intramolecular Hbond substituents is 1. The Labute approximate surface area is 79.7 Å². The molecular weight excluding hydrogens is 160 g/mol. The van der Waals surface area contributed by atoms with Gasteiger partial charge in [0.2, 0.25) is 0 Å². The Morgan fingerprint density at radius 1 is 1.38 bits per heavy atom. The van der Waals surface area contributed by atoms with Crippen LogP contribution in [0.4, 0.5) is 0 Å². The van der Waals surface area contributed by atoms with E-state index in [0.717, 1.165) is 11.1 Å². The molecule has 1 rings (SSSR count). The molecule has 1 atom stereocenters. The smallest absolute Gasteiger partial charge is 0.119 e. The van der Waals surface area contributed by atoms with Crippen molar-refractivity contribution >= 4 is 0 Å². The minimum absolute atomic E-state index is 0.283. The Morgan fingerprint density at radius 3 is 2.62 bits per heavy atom. The molecule has 0 heterocycles. The lowest BCUT2D eigenvalue weighted by molar-refractivity contribution is 0.466. The van der Waals surface area contributed by atoms with E-state index in [2.05, 4.69) is 13.0 Å². The molecule has 0 amide bonds. The first kappa shape index (κ1) is 9.85. The van der Waals surface area contributed by atoms with Gasteiger partial charge in [0.15, 0.2) is 0 Å². The largest absolute Gasteiger partial charge is 0.508 e. The van der Waals surface area contributed by atoms with E-state index in [0.29, 0.717) is 5.75 Å². The van der Waals surface area contributed by atoms with Crippen LogP contribution in [0.3, 0.4) is 0 Å². The lowest BCUT2D eigenvalue weighted by atomic mass is 9.98. The van der Waals surface area contributed by atoms with Crippen LogP contribution in [-0.2, 0) is 0 Å². The average Bonchev–Trinajstić information content (AvgIpc) is 2.04. The van der Waals surface area contributed by atoms with Gasteiger partial charge in [-0.25, -0.2) is 0 Å². The number of hydrogen-bond acceptors (Lipinski definition) is 1. The number of rotatable bonds is 2. The van der Waals surface area contributed by atoms with Crippen LogP contribution in [0.2, 0.25) is 0 Å². The van der Waals surface area contributed by atoms with E-state index in [4.69, 9.17) is 0 Å². The van der Waals surface area contributed by atoms with Gasteiger partial charge < -0.3 is 5.11 Å². The third-order valence-electron chi connectivity index (χ3n) is 2.16. The summed E-state index contributed by atoms with van der Waals surface area (Å²) in [6, 6.07) is 5.81. The Bertz CT molecular complexity index is 313. The Morgan fingerprint density at radius 2 is 2.08 bits per heavy atom. The highest BCUT2D eigenvalue weighted by Crippen LogP contribution is 2.27. The van der Waals surface area contributed by atoms with Crippen LogP contribution in [0.15, 0.2) is 30.4 Å². The highest BCUT2D eigenvalue weighted by molar-refractivity contribution is 5.39. The fraction of sp³-hybridized carbons (Fsp3) is 0.333. The van der Waals surface area contributed by atoms with Crippen LogP contribution in [-0.4, -0.2) is 5.11 Å². The number of aromatic hydroxyl groups is 1. The van der Waals surface area contributed by atoms with Gasteiger partial charge in [-0.1, -0.05) is 31.2 Å². The zero-order chi connectivity index (χ0) is 9.84. The Kier molecular flexibility index (Phi) is 3.13. The number of aryl methyl sites for hydroxylation is 1. The molecule has 0 spiro atoms. The number of allylic oxidation sites excluding steroid dienone is 2. The van der Waals surface area contributed by atoms with Crippen LogP contribution in [0, 0.1) is 6.92 Å². The van der Waals surface area contributed by atoms with Crippen LogP contribution in [0.5, 0.6) is 5.75 Å². The summed E-state index contributed by atoms with van der Waals surface area (Å²) in [5.74, 6) is 0.677. The molecular formula is C12H16O. The number of hydrogen-bond donors (Lipinski definition) is 1. The predicted octanol–water partition coefficient (Wildman–Crippen LogP) is 3.38. The molecule has 0 aromatic heterocycles. The maximum absolute atomic E-state index is 9.65. The first-order valence-electron chi connectivity index (χ1n) is 4.57. The van der Waals surface area contributed by atoms with E-state index < -0.39 is 0 Å². The maximum atomic E-state index is 9.65. The maximum Gasteiger partial charge on any atom is 0.119 e. The van der Waals surface area contributed by atoms with Crippen molar-refractivity contribution in [3.63, 3.8) is 0 Å². The topological polar surface area (TPSA) is 20.2 Å². The van der Waals surface area contributed by atoms with E-state index in [1.807, 2.05) is 32.1 Å². The van der Waals surface area contributed by atoms with Crippen molar-refractivity contribution in [3.05, 3.63) is 41.5 Å². The van der Waals surface area contributed by atoms with Crippen LogP contribution < -0.4 is 0 Å². The SMILES string of the molecule is C/C=C/[C@@H](C)c1ccc(C)cc1O. The van der Waals surface area contributed by atoms with Gasteiger partial charge in [-0.2, -0.15) is 0 Å². The molecule has 0 aliphatic rings. The second-order valence-corrected chi connectivity index (χ2v) is 3.38. The summed E-state index contributed by atoms with van der Waals surface area (Å²) in [5, 5.41) is 9.65. The summed E-state index contributed by atoms with van der Waals surface area (Å²) < 4.78 is 0. The van der Waals surface area contributed by atoms with Gasteiger partial charge in [0, 0.05) is 11.5 Å². The normalized spacial score (nSPS) is 13.5. The van der Waals surface area contributed by atoms with Crippen molar-refractivity contribution in [1.82, 2.24) is 0 Å². The van der Waals surface area contributed by atoms with Crippen molar-refractivity contribution in [1.29, 1.82) is 0 Å². The van der Waals surface area contributed by atoms with Crippen molar-refractivity contribution in [2.45, 2.75) is 26.7 Å². The van der Waals surface area contributed by atoms with E-state index in [1.54, 1.807) is 6.07 Å². The van der Waals surface area contributed by atoms with Gasteiger partial charge in [-0.3, -0.25) is 0 Å². The molecule has 0 saturated heterocycles. The van der Waals surface area contributed by atoms with E-state index in [9.17, 15) is 5.11 Å². The molecule has 0 aliphatic carbocycles. The van der Waals surface area contributed by atoms with Crippen LogP contribution >= 0.6 is 0 Å². The fourth-order valence-electron chi connectivity index (χ4n) is 1.43. The van der Waals surface area contributed by atoms with E-state index in [1.165, 1.54) is 0 Å². The van der Waals surface area contributed by atoms with Gasteiger partial charge in [0.1, 0.15) is 5.75 Å². The highest BCUT2D eigenvalue weighted by atomic mass is 16.3. The third-order valence-corrected chi connectivity index (χ3v) is 2.16. The second kappa shape index (κ2) is 4.13. The third kappa shape index (κ3) is 2.35. The van der Waals surface area contributed by atoms with Gasteiger partial charge in [-0.05, 0) is 25.5 Å². The molecule has 0 bridgehead atoms. The Balaban J connectivity index is 3.01. The molecule has 70 valence electrons. The second-order valence-electron chi connectivity index (χ2n) is 3.38. The molecule has 1 heteroatoms. The average molecular weight is 176 g/mol. The Hall–Kier alpha value is -1.24. The summed E-state index contributed by atoms with van der Waals surface area (Å²) in [6.07, 6.45) is 4.08. The molecule has 1 nitrogen and oxygen atoms in total. The van der Waals surface area contributed by atoms with E-state index in [-0.39, 0.29) is 5.92 Å². The first-order valence-corrected chi connectivity index (χ1v) is 4.57. The summed E-state index contributed by atoms with van der Waals surface area (Å²) >= 11 is 0. The van der Waals surface area contributed by atoms with Gasteiger partial charge in [0.05, 0.1) is 0 Å². The molecule has 1 aromatic rings.